The quantitative estimate of drug-likeness (QED) is 0.200. The maximum absolute atomic E-state index is 12.7. The lowest BCUT2D eigenvalue weighted by Crippen LogP contribution is -2.25. The first kappa shape index (κ1) is 28.2. The number of carbonyl (C=O) groups excluding carboxylic acids is 2. The van der Waals surface area contributed by atoms with Crippen LogP contribution in [0.25, 0.3) is 0 Å². The van der Waals surface area contributed by atoms with E-state index < -0.39 is 0 Å². The summed E-state index contributed by atoms with van der Waals surface area (Å²) in [6, 6.07) is 14.8. The van der Waals surface area contributed by atoms with Gasteiger partial charge in [-0.1, -0.05) is 59.7 Å². The van der Waals surface area contributed by atoms with Crippen molar-refractivity contribution in [1.82, 2.24) is 10.6 Å². The maximum Gasteiger partial charge on any atom is 0.252 e. The van der Waals surface area contributed by atoms with Gasteiger partial charge in [-0.2, -0.15) is 0 Å². The second-order valence-corrected chi connectivity index (χ2v) is 10.3. The first-order chi connectivity index (χ1) is 16.5. The van der Waals surface area contributed by atoms with Crippen LogP contribution in [0.5, 0.6) is 0 Å². The summed E-state index contributed by atoms with van der Waals surface area (Å²) in [5.74, 6) is -0.287. The minimum Gasteiger partial charge on any atom is -0.393 e. The smallest absolute Gasteiger partial charge is 0.252 e. The van der Waals surface area contributed by atoms with Crippen molar-refractivity contribution in [3.05, 3.63) is 59.7 Å². The van der Waals surface area contributed by atoms with Crippen LogP contribution >= 0.6 is 21.6 Å². The Morgan fingerprint density at radius 2 is 1.12 bits per heavy atom. The molecule has 2 amide bonds. The molecule has 8 heteroatoms. The molecule has 0 spiro atoms. The van der Waals surface area contributed by atoms with Crippen molar-refractivity contribution in [3.63, 3.8) is 0 Å². The van der Waals surface area contributed by atoms with Crippen LogP contribution in [0, 0.1) is 0 Å². The molecule has 0 saturated heterocycles. The lowest BCUT2D eigenvalue weighted by atomic mass is 10.1. The molecular weight excluding hydrogens is 468 g/mol. The SMILES string of the molecule is CCC(O)CCCNC(=O)c1ccccc1SSc1ccccc1C(=O)NCCCC(O)CC. The molecule has 0 bridgehead atoms. The first-order valence-corrected chi connectivity index (χ1v) is 14.1. The topological polar surface area (TPSA) is 98.7 Å². The lowest BCUT2D eigenvalue weighted by Gasteiger charge is -2.12. The van der Waals surface area contributed by atoms with Crippen LogP contribution in [0.1, 0.15) is 73.1 Å². The number of aliphatic hydroxyl groups excluding tert-OH is 2. The highest BCUT2D eigenvalue weighted by atomic mass is 33.1. The molecule has 0 aliphatic rings. The van der Waals surface area contributed by atoms with Gasteiger partial charge in [0.15, 0.2) is 0 Å². The second-order valence-electron chi connectivity index (χ2n) is 8.08. The first-order valence-electron chi connectivity index (χ1n) is 11.9. The van der Waals surface area contributed by atoms with Crippen LogP contribution in [0.3, 0.4) is 0 Å². The van der Waals surface area contributed by atoms with Crippen molar-refractivity contribution in [2.24, 2.45) is 0 Å². The number of benzene rings is 2. The van der Waals surface area contributed by atoms with Gasteiger partial charge in [0.05, 0.1) is 23.3 Å². The fourth-order valence-electron chi connectivity index (χ4n) is 3.22. The molecule has 6 nitrogen and oxygen atoms in total. The van der Waals surface area contributed by atoms with Crippen molar-refractivity contribution < 1.29 is 19.8 Å². The van der Waals surface area contributed by atoms with E-state index in [0.29, 0.717) is 49.9 Å². The van der Waals surface area contributed by atoms with Crippen molar-refractivity contribution in [3.8, 4) is 0 Å². The van der Waals surface area contributed by atoms with Gasteiger partial charge in [-0.15, -0.1) is 0 Å². The second kappa shape index (κ2) is 15.8. The lowest BCUT2D eigenvalue weighted by molar-refractivity contribution is 0.0938. The number of carbonyl (C=O) groups is 2. The normalized spacial score (nSPS) is 12.7. The fraction of sp³-hybridized carbons (Fsp3) is 0.462. The van der Waals surface area contributed by atoms with E-state index in [1.165, 1.54) is 21.6 Å². The number of nitrogens with one attached hydrogen (secondary N) is 2. The zero-order chi connectivity index (χ0) is 24.8. The van der Waals surface area contributed by atoms with E-state index in [2.05, 4.69) is 10.6 Å². The van der Waals surface area contributed by atoms with Gasteiger partial charge in [0, 0.05) is 22.9 Å². The van der Waals surface area contributed by atoms with Crippen molar-refractivity contribution >= 4 is 33.4 Å². The van der Waals surface area contributed by atoms with Crippen molar-refractivity contribution in [2.75, 3.05) is 13.1 Å². The number of aliphatic hydroxyl groups is 2. The molecule has 2 aromatic carbocycles. The molecule has 0 radical (unpaired) electrons. The molecule has 34 heavy (non-hydrogen) atoms. The summed E-state index contributed by atoms with van der Waals surface area (Å²) >= 11 is 0. The molecule has 2 atom stereocenters. The number of amides is 2. The van der Waals surface area contributed by atoms with Gasteiger partial charge in [0.25, 0.3) is 11.8 Å². The molecule has 0 saturated carbocycles. The monoisotopic (exact) mass is 504 g/mol. The zero-order valence-electron chi connectivity index (χ0n) is 20.0. The Balaban J connectivity index is 1.94. The molecule has 2 unspecified atom stereocenters. The average Bonchev–Trinajstić information content (AvgIpc) is 2.87. The van der Waals surface area contributed by atoms with E-state index in [0.717, 1.165) is 22.6 Å². The van der Waals surface area contributed by atoms with Gasteiger partial charge in [-0.05, 0) is 62.8 Å². The van der Waals surface area contributed by atoms with Crippen LogP contribution < -0.4 is 10.6 Å². The Kier molecular flexibility index (Phi) is 13.1. The van der Waals surface area contributed by atoms with Crippen molar-refractivity contribution in [1.29, 1.82) is 0 Å². The molecular formula is C26H36N2O4S2. The summed E-state index contributed by atoms with van der Waals surface area (Å²) in [4.78, 5) is 27.1. The number of rotatable bonds is 15. The zero-order valence-corrected chi connectivity index (χ0v) is 21.6. The van der Waals surface area contributed by atoms with Crippen molar-refractivity contribution in [2.45, 2.75) is 74.4 Å². The predicted octanol–water partition coefficient (Wildman–Crippen LogP) is 5.05. The summed E-state index contributed by atoms with van der Waals surface area (Å²) < 4.78 is 0. The van der Waals surface area contributed by atoms with E-state index in [4.69, 9.17) is 0 Å². The van der Waals surface area contributed by atoms with Crippen LogP contribution in [-0.4, -0.2) is 47.3 Å². The van der Waals surface area contributed by atoms with Crippen LogP contribution in [0.4, 0.5) is 0 Å². The largest absolute Gasteiger partial charge is 0.393 e. The average molecular weight is 505 g/mol. The van der Waals surface area contributed by atoms with E-state index in [1.54, 1.807) is 12.1 Å². The minimum atomic E-state index is -0.323. The molecule has 0 fully saturated rings. The van der Waals surface area contributed by atoms with Gasteiger partial charge in [-0.25, -0.2) is 0 Å². The maximum atomic E-state index is 12.7. The van der Waals surface area contributed by atoms with Gasteiger partial charge in [0.1, 0.15) is 0 Å². The number of hydrogen-bond donors (Lipinski definition) is 4. The Hall–Kier alpha value is -2.00. The third kappa shape index (κ3) is 9.70. The molecule has 4 N–H and O–H groups in total. The fourth-order valence-corrected chi connectivity index (χ4v) is 5.58. The molecule has 0 aromatic heterocycles. The highest BCUT2D eigenvalue weighted by Gasteiger charge is 2.15. The third-order valence-corrected chi connectivity index (χ3v) is 7.91. The van der Waals surface area contributed by atoms with Gasteiger partial charge in [0.2, 0.25) is 0 Å². The Morgan fingerprint density at radius 3 is 1.50 bits per heavy atom. The summed E-state index contributed by atoms with van der Waals surface area (Å²) in [5, 5.41) is 25.2. The highest BCUT2D eigenvalue weighted by molar-refractivity contribution is 8.76. The Morgan fingerprint density at radius 1 is 0.735 bits per heavy atom. The van der Waals surface area contributed by atoms with E-state index in [-0.39, 0.29) is 24.0 Å². The standard InChI is InChI=1S/C26H36N2O4S2/c1-3-19(29)11-9-17-27-25(31)21-13-5-7-15-23(21)33-34-24-16-8-6-14-22(24)26(32)28-18-10-12-20(30)4-2/h5-8,13-16,19-20,29-30H,3-4,9-12,17-18H2,1-2H3,(H,27,31)(H,28,32). The summed E-state index contributed by atoms with van der Waals surface area (Å²) in [5.41, 5.74) is 1.18. The highest BCUT2D eigenvalue weighted by Crippen LogP contribution is 2.40. The van der Waals surface area contributed by atoms with Gasteiger partial charge < -0.3 is 20.8 Å². The van der Waals surface area contributed by atoms with Gasteiger partial charge in [-0.3, -0.25) is 9.59 Å². The van der Waals surface area contributed by atoms with Crippen LogP contribution in [0.15, 0.2) is 58.3 Å². The molecule has 2 rings (SSSR count). The molecule has 0 heterocycles. The number of hydrogen-bond acceptors (Lipinski definition) is 6. The van der Waals surface area contributed by atoms with Crippen LogP contribution in [0.2, 0.25) is 0 Å². The summed E-state index contributed by atoms with van der Waals surface area (Å²) in [6.07, 6.45) is 3.57. The molecule has 2 aromatic rings. The van der Waals surface area contributed by atoms with E-state index in [9.17, 15) is 19.8 Å². The molecule has 186 valence electrons. The van der Waals surface area contributed by atoms with Crippen LogP contribution in [-0.2, 0) is 0 Å². The Labute approximate surface area is 210 Å². The molecule has 0 aliphatic heterocycles. The van der Waals surface area contributed by atoms with Gasteiger partial charge >= 0.3 is 0 Å². The van der Waals surface area contributed by atoms with E-state index in [1.807, 2.05) is 50.2 Å². The predicted molar refractivity (Wildman–Crippen MR) is 140 cm³/mol. The summed E-state index contributed by atoms with van der Waals surface area (Å²) in [6.45, 7) is 4.91. The third-order valence-electron chi connectivity index (χ3n) is 5.43. The Bertz CT molecular complexity index is 836. The summed E-state index contributed by atoms with van der Waals surface area (Å²) in [7, 11) is 2.89. The minimum absolute atomic E-state index is 0.144. The molecule has 0 aliphatic carbocycles. The van der Waals surface area contributed by atoms with E-state index >= 15 is 0 Å².